The highest BCUT2D eigenvalue weighted by Crippen LogP contribution is 2.34. The Balaban J connectivity index is 0.000000125. The fourth-order valence-electron chi connectivity index (χ4n) is 9.48. The Kier molecular flexibility index (Phi) is 20.5. The molecule has 0 spiro atoms. The highest BCUT2D eigenvalue weighted by Gasteiger charge is 2.36. The molecule has 0 aliphatic carbocycles. The van der Waals surface area contributed by atoms with Crippen LogP contribution in [0.2, 0.25) is 5.02 Å². The summed E-state index contributed by atoms with van der Waals surface area (Å²) < 4.78 is 46.4. The van der Waals surface area contributed by atoms with Crippen LogP contribution in [-0.2, 0) is 12.7 Å². The van der Waals surface area contributed by atoms with Crippen molar-refractivity contribution in [3.63, 3.8) is 0 Å². The third kappa shape index (κ3) is 16.9. The van der Waals surface area contributed by atoms with E-state index in [1.54, 1.807) is 102 Å². The van der Waals surface area contributed by atoms with Crippen LogP contribution in [0.1, 0.15) is 32.3 Å². The third-order valence-electron chi connectivity index (χ3n) is 13.9. The third-order valence-corrected chi connectivity index (χ3v) is 17.9. The number of ether oxygens (including phenoxy) is 1. The summed E-state index contributed by atoms with van der Waals surface area (Å²) in [4.78, 5) is 60.3. The number of rotatable bonds is 15. The van der Waals surface area contributed by atoms with E-state index in [4.69, 9.17) is 16.3 Å². The Morgan fingerprint density at radius 3 is 1.30 bits per heavy atom. The van der Waals surface area contributed by atoms with Crippen LogP contribution in [0.5, 0.6) is 5.75 Å². The van der Waals surface area contributed by atoms with Gasteiger partial charge in [-0.05, 0) is 144 Å². The Labute approximate surface area is 574 Å². The van der Waals surface area contributed by atoms with Crippen molar-refractivity contribution >= 4 is 125 Å². The smallest absolute Gasteiger partial charge is 0.453 e. The topological polar surface area (TPSA) is 248 Å². The number of methoxy groups -OCH3 is 1. The molecule has 0 radical (unpaired) electrons. The minimum atomic E-state index is -4.58. The van der Waals surface area contributed by atoms with E-state index in [9.17, 15) is 13.2 Å². The normalized spacial score (nSPS) is 11.0. The zero-order valence-electron chi connectivity index (χ0n) is 52.4. The van der Waals surface area contributed by atoms with Gasteiger partial charge in [-0.15, -0.1) is 50.4 Å². The van der Waals surface area contributed by atoms with Crippen molar-refractivity contribution in [3.8, 4) is 54.2 Å². The molecule has 5 aromatic carbocycles. The molecule has 0 atom stereocenters. The van der Waals surface area contributed by atoms with E-state index >= 15 is 0 Å². The number of para-hydroxylation sites is 1. The predicted octanol–water partition coefficient (Wildman–Crippen LogP) is 18.0. The van der Waals surface area contributed by atoms with E-state index in [1.807, 2.05) is 113 Å². The molecular weight excluding hydrogens is 1330 g/mol. The molecular formula is C68H56ClF3N20OS4. The van der Waals surface area contributed by atoms with Gasteiger partial charge in [0.2, 0.25) is 23.8 Å². The van der Waals surface area contributed by atoms with Gasteiger partial charge in [0.15, 0.2) is 0 Å². The molecule has 97 heavy (non-hydrogen) atoms. The average molecular weight is 1390 g/mol. The molecule has 10 heterocycles. The molecule has 0 aliphatic rings. The van der Waals surface area contributed by atoms with Gasteiger partial charge in [-0.1, -0.05) is 35.9 Å². The van der Waals surface area contributed by atoms with Gasteiger partial charge in [-0.3, -0.25) is 0 Å². The summed E-state index contributed by atoms with van der Waals surface area (Å²) in [6.45, 7) is 11.2. The lowest BCUT2D eigenvalue weighted by atomic mass is 10.1. The number of nitrogens with one attached hydrogen (secondary N) is 4. The molecule has 0 aliphatic heterocycles. The number of nitrogens with zero attached hydrogens (tertiary/aromatic N) is 16. The SMILES string of the molecule is CCn1c2ccccc2c2cc(Nc3nccc(-c4ncc(C)s4)n3)ccc21.COc1cccc(Nc2nccc(-c3ncc(C)s3)n2)c1.Cc1cnc(-c2ccnc(Nc3ccc(-n4cnc(C(F)(F)F)n4)cc3)n2)s1.Cc1cnc(-c2ccnc(Nc3ccc(Cl)cc3)n2)s1. The van der Waals surface area contributed by atoms with Gasteiger partial charge in [0, 0.05) is 131 Å². The Hall–Kier alpha value is -11.0. The second-order valence-corrected chi connectivity index (χ2v) is 26.3. The Morgan fingerprint density at radius 1 is 0.454 bits per heavy atom. The highest BCUT2D eigenvalue weighted by molar-refractivity contribution is 7.15. The lowest BCUT2D eigenvalue weighted by Gasteiger charge is -2.07. The molecule has 15 rings (SSSR count). The van der Waals surface area contributed by atoms with Crippen molar-refractivity contribution in [3.05, 3.63) is 226 Å². The maximum Gasteiger partial charge on any atom is 0.453 e. The number of alkyl halides is 3. The maximum atomic E-state index is 12.6. The molecule has 29 heteroatoms. The minimum absolute atomic E-state index is 0.387. The summed E-state index contributed by atoms with van der Waals surface area (Å²) >= 11 is 12.2. The molecule has 0 bridgehead atoms. The first-order valence-electron chi connectivity index (χ1n) is 29.7. The van der Waals surface area contributed by atoms with E-state index in [2.05, 4.69) is 145 Å². The number of halogens is 4. The van der Waals surface area contributed by atoms with Gasteiger partial charge in [-0.25, -0.2) is 69.5 Å². The summed E-state index contributed by atoms with van der Waals surface area (Å²) in [5.41, 5.74) is 9.52. The molecule has 0 saturated carbocycles. The van der Waals surface area contributed by atoms with Gasteiger partial charge in [0.1, 0.15) is 54.9 Å². The average Bonchev–Trinajstić information content (AvgIpc) is 1.61. The van der Waals surface area contributed by atoms with Crippen molar-refractivity contribution < 1.29 is 17.9 Å². The second kappa shape index (κ2) is 30.1. The fraction of sp³-hybridized carbons (Fsp3) is 0.118. The number of benzene rings is 5. The van der Waals surface area contributed by atoms with E-state index in [1.165, 1.54) is 38.0 Å². The molecule has 0 unspecified atom stereocenters. The predicted molar refractivity (Wildman–Crippen MR) is 381 cm³/mol. The maximum absolute atomic E-state index is 12.6. The van der Waals surface area contributed by atoms with Crippen LogP contribution in [0.15, 0.2) is 195 Å². The van der Waals surface area contributed by atoms with Crippen molar-refractivity contribution in [1.29, 1.82) is 0 Å². The van der Waals surface area contributed by atoms with Crippen LogP contribution in [0, 0.1) is 27.7 Å². The fourth-order valence-corrected chi connectivity index (χ4v) is 12.5. The first-order chi connectivity index (χ1) is 47.1. The number of hydrogen-bond acceptors (Lipinski definition) is 23. The van der Waals surface area contributed by atoms with Crippen LogP contribution in [-0.4, -0.2) is 86.2 Å². The summed E-state index contributed by atoms with van der Waals surface area (Å²) in [6.07, 6.45) is 10.6. The van der Waals surface area contributed by atoms with Gasteiger partial charge in [-0.2, -0.15) is 13.2 Å². The van der Waals surface area contributed by atoms with Crippen molar-refractivity contribution in [2.75, 3.05) is 28.4 Å². The molecule has 4 N–H and O–H groups in total. The van der Waals surface area contributed by atoms with Crippen LogP contribution in [0.3, 0.4) is 0 Å². The summed E-state index contributed by atoms with van der Waals surface area (Å²) in [5, 5.41) is 22.8. The van der Waals surface area contributed by atoms with Crippen LogP contribution >= 0.6 is 56.9 Å². The zero-order valence-corrected chi connectivity index (χ0v) is 56.4. The van der Waals surface area contributed by atoms with Crippen molar-refractivity contribution in [1.82, 2.24) is 79.1 Å². The van der Waals surface area contributed by atoms with Crippen LogP contribution in [0.25, 0.3) is 70.3 Å². The summed E-state index contributed by atoms with van der Waals surface area (Å²) in [6, 6.07) is 44.0. The van der Waals surface area contributed by atoms with Gasteiger partial charge in [0.05, 0.1) is 12.8 Å². The zero-order chi connectivity index (χ0) is 67.4. The van der Waals surface area contributed by atoms with E-state index in [-0.39, 0.29) is 0 Å². The first kappa shape index (κ1) is 66.0. The van der Waals surface area contributed by atoms with Gasteiger partial charge < -0.3 is 30.6 Å². The van der Waals surface area contributed by atoms with Crippen LogP contribution in [0.4, 0.5) is 59.7 Å². The molecule has 15 aromatic rings. The standard InChI is InChI=1S/C22H19N5S.C17H12F3N7S.C15H14N4OS.C14H11ClN4S/c1-3-27-19-7-5-4-6-16(19)17-12-15(8-9-20(17)27)25-22-23-11-10-18(26-22)21-24-13-14(2)28-21;1-10-8-22-14(28-10)13-6-7-21-16(25-13)24-11-2-4-12(5-3-11)27-9-23-15(26-27)17(18,19)20;1-10-9-17-14(21-10)13-6-7-16-15(19-13)18-11-4-3-5-12(8-11)20-2;1-9-8-17-13(20-9)12-6-7-16-14(19-12)18-11-4-2-10(15)3-5-11/h4-13H,3H2,1-2H3,(H,23,25,26);2-9H,1H3,(H,21,24,25);3-9H,1-2H3,(H,16,18,19);2-8H,1H3,(H,16,18,19). The molecule has 0 saturated heterocycles. The largest absolute Gasteiger partial charge is 0.497 e. The quantitative estimate of drug-likeness (QED) is 0.0745. The lowest BCUT2D eigenvalue weighted by molar-refractivity contribution is -0.144. The first-order valence-corrected chi connectivity index (χ1v) is 33.3. The number of fused-ring (bicyclic) bond motifs is 3. The molecule has 0 amide bonds. The second-order valence-electron chi connectivity index (χ2n) is 21.0. The minimum Gasteiger partial charge on any atom is -0.497 e. The number of anilines is 8. The number of aryl methyl sites for hydroxylation is 5. The van der Waals surface area contributed by atoms with Gasteiger partial charge in [0.25, 0.3) is 5.82 Å². The highest BCUT2D eigenvalue weighted by atomic mass is 35.5. The van der Waals surface area contributed by atoms with Crippen molar-refractivity contribution in [2.24, 2.45) is 0 Å². The number of aromatic nitrogens is 16. The number of thiazole rings is 4. The van der Waals surface area contributed by atoms with E-state index in [0.717, 1.165) is 92.1 Å². The summed E-state index contributed by atoms with van der Waals surface area (Å²) in [7, 11) is 1.64. The van der Waals surface area contributed by atoms with Crippen molar-refractivity contribution in [2.45, 2.75) is 47.3 Å². The number of hydrogen-bond donors (Lipinski definition) is 4. The Bertz CT molecular complexity index is 5150. The molecule has 10 aromatic heterocycles. The van der Waals surface area contributed by atoms with E-state index < -0.39 is 12.0 Å². The Morgan fingerprint density at radius 2 is 0.876 bits per heavy atom. The molecule has 21 nitrogen and oxygen atoms in total. The summed E-state index contributed by atoms with van der Waals surface area (Å²) in [5.74, 6) is 1.64. The monoisotopic (exact) mass is 1390 g/mol. The molecule has 0 fully saturated rings. The van der Waals surface area contributed by atoms with E-state index in [0.29, 0.717) is 45.9 Å². The lowest BCUT2D eigenvalue weighted by Crippen LogP contribution is -2.08. The van der Waals surface area contributed by atoms with Gasteiger partial charge >= 0.3 is 6.18 Å². The van der Waals surface area contributed by atoms with Crippen LogP contribution < -0.4 is 26.0 Å². The molecule has 486 valence electrons.